The summed E-state index contributed by atoms with van der Waals surface area (Å²) in [4.78, 5) is 88.5. The van der Waals surface area contributed by atoms with Gasteiger partial charge >= 0.3 is 18.2 Å². The summed E-state index contributed by atoms with van der Waals surface area (Å²) in [7, 11) is 1.88. The number of halogens is 5. The van der Waals surface area contributed by atoms with E-state index in [4.69, 9.17) is 23.7 Å². The van der Waals surface area contributed by atoms with E-state index in [1.807, 2.05) is 88.2 Å². The molecule has 1 aliphatic heterocycles. The molecule has 0 spiro atoms. The summed E-state index contributed by atoms with van der Waals surface area (Å²) < 4.78 is 104. The SMILES string of the molecule is CCCCCCN(C(=O)[C@@H](NC(=O)[C@H]1CCCCN1C)[C@@H](C)CC)[C@H](C[C@@H](OC(=O)NCCOCCOCCOCNC(=O)CNC(=O)OCC1c2ccccc2-c2ccccc21)c1nc(C(=O)Oc2c(F)c(F)c(F)c(F)c2F)cs1)C(C)C. The van der Waals surface area contributed by atoms with Crippen LogP contribution in [0.4, 0.5) is 31.5 Å². The monoisotopic (exact) mass is 1220 g/mol. The molecule has 19 nitrogen and oxygen atoms in total. The van der Waals surface area contributed by atoms with E-state index < -0.39 is 88.8 Å². The van der Waals surface area contributed by atoms with Crippen LogP contribution in [0.3, 0.4) is 0 Å². The molecular weight excluding hydrogens is 1140 g/mol. The molecule has 2 heterocycles. The summed E-state index contributed by atoms with van der Waals surface area (Å²) in [5.41, 5.74) is 3.72. The molecule has 25 heteroatoms. The molecule has 1 saturated heterocycles. The van der Waals surface area contributed by atoms with Gasteiger partial charge in [0.1, 0.15) is 30.9 Å². The van der Waals surface area contributed by atoms with Crippen LogP contribution in [-0.4, -0.2) is 148 Å². The van der Waals surface area contributed by atoms with E-state index in [1.165, 1.54) is 0 Å². The Morgan fingerprint density at radius 3 is 2.04 bits per heavy atom. The fourth-order valence-corrected chi connectivity index (χ4v) is 10.9. The van der Waals surface area contributed by atoms with Gasteiger partial charge in [-0.2, -0.15) is 8.78 Å². The maximum atomic E-state index is 15.1. The Bertz CT molecular complexity index is 2810. The molecule has 5 atom stereocenters. The summed E-state index contributed by atoms with van der Waals surface area (Å²) in [6, 6.07) is 13.9. The zero-order valence-corrected chi connectivity index (χ0v) is 49.7. The molecular formula is C60H78F5N7O12S. The first-order valence-electron chi connectivity index (χ1n) is 28.9. The Balaban J connectivity index is 0.999. The minimum atomic E-state index is -2.45. The molecule has 0 unspecified atom stereocenters. The van der Waals surface area contributed by atoms with Gasteiger partial charge in [-0.05, 0) is 66.9 Å². The van der Waals surface area contributed by atoms with Crippen LogP contribution in [0.1, 0.15) is 131 Å². The largest absolute Gasteiger partial charge is 0.449 e. The number of carbonyl (C=O) groups is 6. The first kappa shape index (κ1) is 67.3. The Kier molecular flexibility index (Phi) is 26.8. The van der Waals surface area contributed by atoms with Gasteiger partial charge in [0.25, 0.3) is 0 Å². The predicted molar refractivity (Wildman–Crippen MR) is 305 cm³/mol. The summed E-state index contributed by atoms with van der Waals surface area (Å²) in [5, 5.41) is 11.8. The number of benzene rings is 3. The third kappa shape index (κ3) is 18.8. The number of esters is 1. The molecule has 5 amide bonds. The summed E-state index contributed by atoms with van der Waals surface area (Å²) >= 11 is 0.783. The molecule has 1 aromatic heterocycles. The van der Waals surface area contributed by atoms with Gasteiger partial charge in [0.15, 0.2) is 11.8 Å². The number of hydrogen-bond donors (Lipinski definition) is 4. The van der Waals surface area contributed by atoms with Gasteiger partial charge in [-0.15, -0.1) is 11.3 Å². The van der Waals surface area contributed by atoms with Gasteiger partial charge in [0, 0.05) is 36.9 Å². The van der Waals surface area contributed by atoms with Crippen LogP contribution >= 0.6 is 11.3 Å². The fourth-order valence-electron chi connectivity index (χ4n) is 10.1. The van der Waals surface area contributed by atoms with Crippen molar-refractivity contribution in [3.8, 4) is 16.9 Å². The van der Waals surface area contributed by atoms with Crippen LogP contribution in [0.15, 0.2) is 53.9 Å². The summed E-state index contributed by atoms with van der Waals surface area (Å²) in [5.74, 6) is -17.0. The number of rotatable bonds is 33. The number of ether oxygens (including phenoxy) is 6. The van der Waals surface area contributed by atoms with Crippen LogP contribution in [0, 0.1) is 40.9 Å². The molecule has 466 valence electrons. The lowest BCUT2D eigenvalue weighted by molar-refractivity contribution is -0.143. The van der Waals surface area contributed by atoms with E-state index in [1.54, 1.807) is 4.90 Å². The highest BCUT2D eigenvalue weighted by Crippen LogP contribution is 2.44. The summed E-state index contributed by atoms with van der Waals surface area (Å²) in [6.07, 6.45) is 3.17. The molecule has 2 aliphatic rings. The Labute approximate surface area is 496 Å². The van der Waals surface area contributed by atoms with E-state index in [0.717, 1.165) is 77.6 Å². The molecule has 6 rings (SSSR count). The third-order valence-electron chi connectivity index (χ3n) is 15.0. The van der Waals surface area contributed by atoms with Crippen LogP contribution < -0.4 is 26.0 Å². The number of likely N-dealkylation sites (tertiary alicyclic amines) is 1. The van der Waals surface area contributed by atoms with Gasteiger partial charge in [-0.1, -0.05) is 115 Å². The van der Waals surface area contributed by atoms with Crippen LogP contribution in [0.5, 0.6) is 5.75 Å². The number of fused-ring (bicyclic) bond motifs is 3. The number of nitrogens with one attached hydrogen (secondary N) is 4. The van der Waals surface area contributed by atoms with Crippen molar-refractivity contribution in [1.29, 1.82) is 0 Å². The highest BCUT2D eigenvalue weighted by Gasteiger charge is 2.40. The van der Waals surface area contributed by atoms with E-state index in [2.05, 4.69) is 37.9 Å². The molecule has 0 radical (unpaired) electrons. The van der Waals surface area contributed by atoms with Gasteiger partial charge in [0.05, 0.1) is 39.1 Å². The lowest BCUT2D eigenvalue weighted by Crippen LogP contribution is -2.59. The minimum Gasteiger partial charge on any atom is -0.449 e. The van der Waals surface area contributed by atoms with E-state index in [-0.39, 0.29) is 107 Å². The number of hydrogen-bond acceptors (Lipinski definition) is 15. The third-order valence-corrected chi connectivity index (χ3v) is 15.9. The average Bonchev–Trinajstić information content (AvgIpc) is 2.08. The second-order valence-corrected chi connectivity index (χ2v) is 22.1. The number of aromatic nitrogens is 1. The Morgan fingerprint density at radius 2 is 1.40 bits per heavy atom. The number of unbranched alkanes of at least 4 members (excludes halogenated alkanes) is 3. The lowest BCUT2D eigenvalue weighted by Gasteiger charge is -2.40. The minimum absolute atomic E-state index is 0.00863. The van der Waals surface area contributed by atoms with Crippen molar-refractivity contribution in [2.24, 2.45) is 11.8 Å². The average molecular weight is 1220 g/mol. The van der Waals surface area contributed by atoms with Crippen molar-refractivity contribution in [2.45, 2.75) is 123 Å². The number of thiazole rings is 1. The maximum absolute atomic E-state index is 15.1. The maximum Gasteiger partial charge on any atom is 0.407 e. The van der Waals surface area contributed by atoms with Crippen molar-refractivity contribution in [3.63, 3.8) is 0 Å². The molecule has 4 N–H and O–H groups in total. The van der Waals surface area contributed by atoms with Gasteiger partial charge in [-0.25, -0.2) is 32.5 Å². The zero-order valence-electron chi connectivity index (χ0n) is 48.9. The number of nitrogens with zero attached hydrogens (tertiary/aromatic N) is 3. The molecule has 0 saturated carbocycles. The number of amides is 5. The fraction of sp³-hybridized carbons (Fsp3) is 0.550. The molecule has 3 aromatic carbocycles. The zero-order chi connectivity index (χ0) is 61.6. The standard InChI is InChI=1S/C60H78F5N7O12S/c1-7-9-10-16-25-72(57(75)53(37(5)8-2)70-55(74)44-22-15-17-24-71(44)6)45(36(3)4)31-46(56-69-43(34-85-56)58(76)84-54-51(64)49(62)48(61)50(63)52(54)65)83-60(78)66-23-26-79-27-28-80-29-30-81-35-68-47(73)32-67-59(77)82-33-42-40-20-13-11-18-38(40)39-19-12-14-21-41(39)42/h11-14,18-21,34,36-37,42,44-46,53H,7-10,15-17,22-33,35H2,1-6H3,(H,66,78)(H,67,77)(H,68,73)(H,70,74)/t37-,44+,45+,46+,53-/m0/s1. The number of carbonyl (C=O) groups excluding carboxylic acids is 6. The van der Waals surface area contributed by atoms with Crippen LogP contribution in [0.2, 0.25) is 0 Å². The summed E-state index contributed by atoms with van der Waals surface area (Å²) in [6.45, 7) is 10.8. The predicted octanol–water partition coefficient (Wildman–Crippen LogP) is 9.33. The number of alkyl carbamates (subject to hydrolysis) is 2. The van der Waals surface area contributed by atoms with Crippen LogP contribution in [0.25, 0.3) is 11.1 Å². The Hall–Kier alpha value is -6.80. The first-order valence-corrected chi connectivity index (χ1v) is 29.8. The van der Waals surface area contributed by atoms with Crippen LogP contribution in [-0.2, 0) is 38.1 Å². The molecule has 1 aliphatic carbocycles. The molecule has 4 aromatic rings. The number of piperidine rings is 1. The van der Waals surface area contributed by atoms with Crippen molar-refractivity contribution >= 4 is 47.2 Å². The smallest absolute Gasteiger partial charge is 0.407 e. The van der Waals surface area contributed by atoms with E-state index >= 15 is 4.79 Å². The lowest BCUT2D eigenvalue weighted by atomic mass is 9.91. The van der Waals surface area contributed by atoms with Gasteiger partial charge in [0.2, 0.25) is 52.6 Å². The molecule has 1 fully saturated rings. The van der Waals surface area contributed by atoms with Crippen molar-refractivity contribution < 1.29 is 79.1 Å². The number of likely N-dealkylation sites (N-methyl/N-ethyl adjacent to an activating group) is 1. The van der Waals surface area contributed by atoms with E-state index in [0.29, 0.717) is 19.3 Å². The van der Waals surface area contributed by atoms with Crippen molar-refractivity contribution in [2.75, 3.05) is 79.6 Å². The molecule has 0 bridgehead atoms. The Morgan fingerprint density at radius 1 is 0.765 bits per heavy atom. The van der Waals surface area contributed by atoms with Crippen molar-refractivity contribution in [3.05, 3.63) is 105 Å². The normalized spacial score (nSPS) is 15.5. The second-order valence-electron chi connectivity index (χ2n) is 21.2. The highest BCUT2D eigenvalue weighted by molar-refractivity contribution is 7.09. The molecule has 85 heavy (non-hydrogen) atoms. The topological polar surface area (TPSA) is 225 Å². The highest BCUT2D eigenvalue weighted by atomic mass is 32.1. The van der Waals surface area contributed by atoms with Gasteiger partial charge < -0.3 is 54.6 Å². The first-order chi connectivity index (χ1) is 40.9. The van der Waals surface area contributed by atoms with E-state index in [9.17, 15) is 45.9 Å². The quantitative estimate of drug-likeness (QED) is 0.00664. The second kappa shape index (κ2) is 33.8. The van der Waals surface area contributed by atoms with Crippen molar-refractivity contribution in [1.82, 2.24) is 36.1 Å². The van der Waals surface area contributed by atoms with Gasteiger partial charge in [-0.3, -0.25) is 19.3 Å².